The second-order valence-corrected chi connectivity index (χ2v) is 9.52. The van der Waals surface area contributed by atoms with Gasteiger partial charge in [0.25, 0.3) is 0 Å². The molecule has 0 saturated carbocycles. The van der Waals surface area contributed by atoms with Gasteiger partial charge in [-0.3, -0.25) is 9.69 Å². The van der Waals surface area contributed by atoms with Crippen molar-refractivity contribution in [3.63, 3.8) is 0 Å². The molecular formula is C26H29NO4S2. The van der Waals surface area contributed by atoms with E-state index in [2.05, 4.69) is 0 Å². The lowest BCUT2D eigenvalue weighted by Gasteiger charge is -2.29. The molecule has 0 aliphatic carbocycles. The minimum atomic E-state index is -1.13. The predicted molar refractivity (Wildman–Crippen MR) is 136 cm³/mol. The Labute approximate surface area is 204 Å². The molecule has 1 aliphatic rings. The molecule has 0 spiro atoms. The summed E-state index contributed by atoms with van der Waals surface area (Å²) >= 11 is 7.02. The molecule has 1 aliphatic heterocycles. The number of aryl methyl sites for hydroxylation is 1. The Morgan fingerprint density at radius 2 is 1.79 bits per heavy atom. The number of hydrogen-bond acceptors (Lipinski definition) is 6. The number of thiocarbonyl (C=S) groups is 1. The molecule has 174 valence electrons. The number of aliphatic hydroxyl groups is 1. The van der Waals surface area contributed by atoms with Gasteiger partial charge in [0.2, 0.25) is 5.91 Å². The normalized spacial score (nSPS) is 17.8. The quantitative estimate of drug-likeness (QED) is 0.311. The number of benzene rings is 2. The Kier molecular flexibility index (Phi) is 9.66. The van der Waals surface area contributed by atoms with Crippen molar-refractivity contribution in [3.8, 4) is 0 Å². The van der Waals surface area contributed by atoms with Gasteiger partial charge < -0.3 is 9.84 Å². The zero-order valence-electron chi connectivity index (χ0n) is 18.6. The second-order valence-electron chi connectivity index (χ2n) is 7.86. The molecule has 1 N–H and O–H groups in total. The minimum absolute atomic E-state index is 0.0714. The number of thioether (sulfide) groups is 1. The van der Waals surface area contributed by atoms with Crippen LogP contribution >= 0.6 is 24.0 Å². The fraction of sp³-hybridized carbons (Fsp3) is 0.346. The molecule has 2 aromatic rings. The van der Waals surface area contributed by atoms with Crippen LogP contribution in [0.3, 0.4) is 0 Å². The highest BCUT2D eigenvalue weighted by Crippen LogP contribution is 2.30. The maximum Gasteiger partial charge on any atom is 0.330 e. The van der Waals surface area contributed by atoms with Crippen LogP contribution in [0.4, 0.5) is 0 Å². The summed E-state index contributed by atoms with van der Waals surface area (Å²) in [5, 5.41) is 10.9. The van der Waals surface area contributed by atoms with E-state index in [0.717, 1.165) is 16.9 Å². The Morgan fingerprint density at radius 3 is 2.42 bits per heavy atom. The van der Waals surface area contributed by atoms with Gasteiger partial charge in [0.05, 0.1) is 24.7 Å². The Hall–Kier alpha value is -2.48. The first kappa shape index (κ1) is 25.1. The lowest BCUT2D eigenvalue weighted by Crippen LogP contribution is -2.46. The van der Waals surface area contributed by atoms with Crippen molar-refractivity contribution < 1.29 is 19.4 Å². The van der Waals surface area contributed by atoms with E-state index < -0.39 is 18.0 Å². The van der Waals surface area contributed by atoms with Gasteiger partial charge in [-0.05, 0) is 43.4 Å². The van der Waals surface area contributed by atoms with Gasteiger partial charge >= 0.3 is 5.97 Å². The third kappa shape index (κ3) is 7.25. The number of carbonyl (C=O) groups excluding carboxylic acids is 2. The molecule has 1 saturated heterocycles. The molecule has 0 unspecified atom stereocenters. The van der Waals surface area contributed by atoms with Crippen molar-refractivity contribution in [2.75, 3.05) is 12.4 Å². The number of esters is 1. The standard InChI is InChI=1S/C26H29NO4S2/c1-2-31-24(29)16-15-23(28)22(14-13-19-9-5-3-6-10-19)25(30)27-21(18-33-26(27)32)17-20-11-7-4-8-12-20/h3-12,15-16,21-23,28H,2,13-14,17-18H2,1H3/t21-,22-,23+/m0/s1. The van der Waals surface area contributed by atoms with E-state index >= 15 is 0 Å². The van der Waals surface area contributed by atoms with Crippen LogP contribution in [0, 0.1) is 5.92 Å². The molecule has 3 rings (SSSR count). The molecule has 3 atom stereocenters. The van der Waals surface area contributed by atoms with Crippen LogP contribution in [0.5, 0.6) is 0 Å². The van der Waals surface area contributed by atoms with Gasteiger partial charge in [0.15, 0.2) is 0 Å². The topological polar surface area (TPSA) is 66.8 Å². The first-order chi connectivity index (χ1) is 16.0. The van der Waals surface area contributed by atoms with Crippen molar-refractivity contribution in [3.05, 3.63) is 83.9 Å². The first-order valence-corrected chi connectivity index (χ1v) is 12.5. The summed E-state index contributed by atoms with van der Waals surface area (Å²) in [6.07, 6.45) is 3.16. The van der Waals surface area contributed by atoms with Crippen LogP contribution in [0.15, 0.2) is 72.8 Å². The highest BCUT2D eigenvalue weighted by molar-refractivity contribution is 8.23. The van der Waals surface area contributed by atoms with Crippen LogP contribution in [0.1, 0.15) is 24.5 Å². The molecule has 1 heterocycles. The van der Waals surface area contributed by atoms with E-state index in [0.29, 0.717) is 23.6 Å². The zero-order valence-corrected chi connectivity index (χ0v) is 20.3. The summed E-state index contributed by atoms with van der Waals surface area (Å²) in [7, 11) is 0. The van der Waals surface area contributed by atoms with Crippen molar-refractivity contribution in [2.24, 2.45) is 5.92 Å². The van der Waals surface area contributed by atoms with E-state index in [1.807, 2.05) is 60.7 Å². The van der Waals surface area contributed by atoms with Crippen LogP contribution in [0.25, 0.3) is 0 Å². The summed E-state index contributed by atoms with van der Waals surface area (Å²) in [5.41, 5.74) is 2.21. The third-order valence-electron chi connectivity index (χ3n) is 5.54. The average molecular weight is 484 g/mol. The smallest absolute Gasteiger partial charge is 0.330 e. The fourth-order valence-electron chi connectivity index (χ4n) is 3.85. The SMILES string of the molecule is CCOC(=O)C=C[C@@H](O)[C@H](CCc1ccccc1)C(=O)N1C(=S)SC[C@@H]1Cc1ccccc1. The van der Waals surface area contributed by atoms with Gasteiger partial charge in [0, 0.05) is 11.8 Å². The van der Waals surface area contributed by atoms with Crippen LogP contribution < -0.4 is 0 Å². The molecule has 7 heteroatoms. The summed E-state index contributed by atoms with van der Waals surface area (Å²) in [6.45, 7) is 1.96. The highest BCUT2D eigenvalue weighted by atomic mass is 32.2. The number of ether oxygens (including phenoxy) is 1. The van der Waals surface area contributed by atoms with Crippen molar-refractivity contribution in [1.82, 2.24) is 4.90 Å². The molecular weight excluding hydrogens is 454 g/mol. The Bertz CT molecular complexity index is 965. The van der Waals surface area contributed by atoms with Gasteiger partial charge in [-0.1, -0.05) is 84.6 Å². The number of rotatable bonds is 10. The van der Waals surface area contributed by atoms with Gasteiger partial charge in [-0.2, -0.15) is 0 Å². The predicted octanol–water partition coefficient (Wildman–Crippen LogP) is 4.19. The molecule has 1 amide bonds. The lowest BCUT2D eigenvalue weighted by molar-refractivity contribution is -0.138. The van der Waals surface area contributed by atoms with E-state index in [-0.39, 0.29) is 18.6 Å². The number of carbonyl (C=O) groups is 2. The first-order valence-electron chi connectivity index (χ1n) is 11.1. The summed E-state index contributed by atoms with van der Waals surface area (Å²) in [4.78, 5) is 27.1. The number of aliphatic hydroxyl groups excluding tert-OH is 1. The third-order valence-corrected chi connectivity index (χ3v) is 7.09. The zero-order chi connectivity index (χ0) is 23.6. The van der Waals surface area contributed by atoms with Gasteiger partial charge in [-0.15, -0.1) is 0 Å². The Balaban J connectivity index is 1.79. The maximum atomic E-state index is 13.7. The van der Waals surface area contributed by atoms with E-state index in [4.69, 9.17) is 17.0 Å². The van der Waals surface area contributed by atoms with Crippen LogP contribution in [0.2, 0.25) is 0 Å². The monoisotopic (exact) mass is 483 g/mol. The molecule has 0 bridgehead atoms. The average Bonchev–Trinajstić information content (AvgIpc) is 3.19. The van der Waals surface area contributed by atoms with E-state index in [9.17, 15) is 14.7 Å². The van der Waals surface area contributed by atoms with Crippen molar-refractivity contribution in [1.29, 1.82) is 0 Å². The van der Waals surface area contributed by atoms with Crippen molar-refractivity contribution in [2.45, 2.75) is 38.3 Å². The highest BCUT2D eigenvalue weighted by Gasteiger charge is 2.39. The molecule has 1 fully saturated rings. The Morgan fingerprint density at radius 1 is 1.15 bits per heavy atom. The summed E-state index contributed by atoms with van der Waals surface area (Å²) < 4.78 is 5.44. The molecule has 2 aromatic carbocycles. The number of hydrogen-bond donors (Lipinski definition) is 1. The van der Waals surface area contributed by atoms with Crippen LogP contribution in [-0.2, 0) is 27.2 Å². The lowest BCUT2D eigenvalue weighted by atomic mass is 9.91. The maximum absolute atomic E-state index is 13.7. The van der Waals surface area contributed by atoms with Gasteiger partial charge in [-0.25, -0.2) is 4.79 Å². The minimum Gasteiger partial charge on any atom is -0.463 e. The largest absolute Gasteiger partial charge is 0.463 e. The number of nitrogens with zero attached hydrogens (tertiary/aromatic N) is 1. The van der Waals surface area contributed by atoms with E-state index in [1.54, 1.807) is 11.8 Å². The molecule has 5 nitrogen and oxygen atoms in total. The number of amides is 1. The second kappa shape index (κ2) is 12.7. The van der Waals surface area contributed by atoms with Crippen molar-refractivity contribution >= 4 is 40.2 Å². The molecule has 0 radical (unpaired) electrons. The van der Waals surface area contributed by atoms with E-state index in [1.165, 1.54) is 23.9 Å². The molecule has 33 heavy (non-hydrogen) atoms. The van der Waals surface area contributed by atoms with Gasteiger partial charge in [0.1, 0.15) is 4.32 Å². The summed E-state index contributed by atoms with van der Waals surface area (Å²) in [6, 6.07) is 19.8. The fourth-order valence-corrected chi connectivity index (χ4v) is 5.28. The molecule has 0 aromatic heterocycles. The summed E-state index contributed by atoms with van der Waals surface area (Å²) in [5.74, 6) is -0.756. The van der Waals surface area contributed by atoms with Crippen LogP contribution in [-0.4, -0.2) is 50.7 Å².